The second-order valence-corrected chi connectivity index (χ2v) is 6.95. The van der Waals surface area contributed by atoms with Crippen LogP contribution in [0, 0.1) is 17.2 Å². The van der Waals surface area contributed by atoms with Gasteiger partial charge in [0.05, 0.1) is 17.2 Å². The molecule has 0 aliphatic carbocycles. The Bertz CT molecular complexity index is 732. The van der Waals surface area contributed by atoms with Crippen molar-refractivity contribution >= 4 is 17.6 Å². The Morgan fingerprint density at radius 1 is 1.58 bits per heavy atom. The van der Waals surface area contributed by atoms with Crippen LogP contribution >= 0.6 is 0 Å². The molecule has 1 spiro atoms. The quantitative estimate of drug-likeness (QED) is 0.816. The van der Waals surface area contributed by atoms with E-state index >= 15 is 0 Å². The summed E-state index contributed by atoms with van der Waals surface area (Å²) >= 11 is 0. The number of carbonyl (C=O) groups is 1. The molecule has 0 radical (unpaired) electrons. The summed E-state index contributed by atoms with van der Waals surface area (Å²) in [5, 5.41) is 12.1. The van der Waals surface area contributed by atoms with Gasteiger partial charge in [0.1, 0.15) is 24.7 Å². The maximum absolute atomic E-state index is 12.3. The Labute approximate surface area is 141 Å². The molecular formula is C17H22N6O. The molecule has 1 aromatic rings. The number of amides is 1. The van der Waals surface area contributed by atoms with E-state index in [-0.39, 0.29) is 17.9 Å². The molecule has 3 aliphatic rings. The first-order chi connectivity index (χ1) is 11.7. The number of fused-ring (bicyclic) bond motifs is 1. The monoisotopic (exact) mass is 326 g/mol. The SMILES string of the molecule is CC1CN(C(=O)CC#N)C12CCCN(C1=NCNc3[nH]ccc31)C2. The van der Waals surface area contributed by atoms with E-state index in [1.807, 2.05) is 23.2 Å². The molecule has 24 heavy (non-hydrogen) atoms. The zero-order chi connectivity index (χ0) is 16.7. The van der Waals surface area contributed by atoms with Crippen LogP contribution in [0.2, 0.25) is 0 Å². The Kier molecular flexibility index (Phi) is 3.48. The van der Waals surface area contributed by atoms with Crippen molar-refractivity contribution in [1.82, 2.24) is 14.8 Å². The molecule has 126 valence electrons. The van der Waals surface area contributed by atoms with Crippen molar-refractivity contribution in [1.29, 1.82) is 5.26 Å². The molecule has 0 saturated carbocycles. The molecule has 2 saturated heterocycles. The second-order valence-electron chi connectivity index (χ2n) is 6.95. The third kappa shape index (κ3) is 2.09. The van der Waals surface area contributed by atoms with Crippen LogP contribution in [0.1, 0.15) is 31.7 Å². The molecule has 4 heterocycles. The van der Waals surface area contributed by atoms with Crippen LogP contribution in [0.15, 0.2) is 17.3 Å². The van der Waals surface area contributed by atoms with Gasteiger partial charge in [0.15, 0.2) is 0 Å². The predicted octanol–water partition coefficient (Wildman–Crippen LogP) is 1.37. The van der Waals surface area contributed by atoms with E-state index in [9.17, 15) is 4.79 Å². The van der Waals surface area contributed by atoms with E-state index in [4.69, 9.17) is 5.26 Å². The lowest BCUT2D eigenvalue weighted by atomic mass is 9.69. The zero-order valence-corrected chi connectivity index (χ0v) is 13.9. The van der Waals surface area contributed by atoms with Crippen molar-refractivity contribution in [2.45, 2.75) is 31.7 Å². The summed E-state index contributed by atoms with van der Waals surface area (Å²) in [5.41, 5.74) is 0.955. The maximum Gasteiger partial charge on any atom is 0.237 e. The highest BCUT2D eigenvalue weighted by Gasteiger charge is 2.55. The lowest BCUT2D eigenvalue weighted by Crippen LogP contribution is -2.73. The van der Waals surface area contributed by atoms with Gasteiger partial charge in [-0.15, -0.1) is 0 Å². The van der Waals surface area contributed by atoms with Gasteiger partial charge in [-0.3, -0.25) is 4.79 Å². The number of aromatic nitrogens is 1. The fraction of sp³-hybridized carbons (Fsp3) is 0.588. The van der Waals surface area contributed by atoms with E-state index in [1.54, 1.807) is 0 Å². The number of aliphatic imine (C=N–C) groups is 1. The van der Waals surface area contributed by atoms with Crippen LogP contribution in [-0.2, 0) is 4.79 Å². The van der Waals surface area contributed by atoms with Gasteiger partial charge in [-0.25, -0.2) is 4.99 Å². The highest BCUT2D eigenvalue weighted by molar-refractivity contribution is 6.04. The Morgan fingerprint density at radius 3 is 3.25 bits per heavy atom. The molecule has 4 rings (SSSR count). The number of carbonyl (C=O) groups excluding carboxylic acids is 1. The van der Waals surface area contributed by atoms with Gasteiger partial charge in [-0.1, -0.05) is 6.92 Å². The Balaban J connectivity index is 1.59. The first-order valence-corrected chi connectivity index (χ1v) is 8.54. The molecule has 1 amide bonds. The summed E-state index contributed by atoms with van der Waals surface area (Å²) in [4.78, 5) is 24.5. The zero-order valence-electron chi connectivity index (χ0n) is 13.9. The van der Waals surface area contributed by atoms with Crippen molar-refractivity contribution < 1.29 is 4.79 Å². The van der Waals surface area contributed by atoms with Gasteiger partial charge in [0.2, 0.25) is 5.91 Å². The van der Waals surface area contributed by atoms with E-state index in [0.717, 1.165) is 49.7 Å². The second kappa shape index (κ2) is 5.55. The molecule has 0 bridgehead atoms. The number of hydrogen-bond acceptors (Lipinski definition) is 5. The molecule has 2 unspecified atom stereocenters. The average Bonchev–Trinajstić information content (AvgIpc) is 3.08. The normalized spacial score (nSPS) is 28.5. The number of piperidine rings is 1. The number of H-pyrrole nitrogens is 1. The highest BCUT2D eigenvalue weighted by Crippen LogP contribution is 2.44. The smallest absolute Gasteiger partial charge is 0.237 e. The minimum Gasteiger partial charge on any atom is -0.354 e. The molecule has 2 fully saturated rings. The summed E-state index contributed by atoms with van der Waals surface area (Å²) in [7, 11) is 0. The predicted molar refractivity (Wildman–Crippen MR) is 90.5 cm³/mol. The molecule has 7 heteroatoms. The first kappa shape index (κ1) is 15.1. The lowest BCUT2D eigenvalue weighted by molar-refractivity contribution is -0.161. The maximum atomic E-state index is 12.3. The van der Waals surface area contributed by atoms with Crippen LogP contribution in [0.25, 0.3) is 0 Å². The molecule has 0 aromatic carbocycles. The van der Waals surface area contributed by atoms with Crippen LogP contribution < -0.4 is 5.32 Å². The summed E-state index contributed by atoms with van der Waals surface area (Å²) in [6.45, 7) is 5.30. The van der Waals surface area contributed by atoms with Gasteiger partial charge in [-0.2, -0.15) is 5.26 Å². The number of rotatable bonds is 1. The number of amidine groups is 1. The molecule has 1 aromatic heterocycles. The van der Waals surface area contributed by atoms with Crippen molar-refractivity contribution in [3.63, 3.8) is 0 Å². The number of aromatic amines is 1. The number of likely N-dealkylation sites (tertiary alicyclic amines) is 2. The summed E-state index contributed by atoms with van der Waals surface area (Å²) < 4.78 is 0. The molecule has 2 atom stereocenters. The molecular weight excluding hydrogens is 304 g/mol. The number of anilines is 1. The van der Waals surface area contributed by atoms with E-state index in [2.05, 4.69) is 27.1 Å². The van der Waals surface area contributed by atoms with Crippen LogP contribution in [0.4, 0.5) is 5.82 Å². The van der Waals surface area contributed by atoms with E-state index < -0.39 is 0 Å². The number of nitrogens with zero attached hydrogens (tertiary/aromatic N) is 4. The fourth-order valence-electron chi connectivity index (χ4n) is 4.41. The number of hydrogen-bond donors (Lipinski definition) is 2. The fourth-order valence-corrected chi connectivity index (χ4v) is 4.41. The van der Waals surface area contributed by atoms with E-state index in [0.29, 0.717) is 12.6 Å². The van der Waals surface area contributed by atoms with Gasteiger partial charge >= 0.3 is 0 Å². The van der Waals surface area contributed by atoms with Gasteiger partial charge in [0.25, 0.3) is 0 Å². The average molecular weight is 326 g/mol. The highest BCUT2D eigenvalue weighted by atomic mass is 16.2. The molecule has 7 nitrogen and oxygen atoms in total. The topological polar surface area (TPSA) is 87.5 Å². The molecule has 2 N–H and O–H groups in total. The third-order valence-electron chi connectivity index (χ3n) is 5.72. The summed E-state index contributed by atoms with van der Waals surface area (Å²) in [5.74, 6) is 2.44. The van der Waals surface area contributed by atoms with Crippen molar-refractivity contribution in [3.05, 3.63) is 17.8 Å². The standard InChI is InChI=1S/C17H22N6O/c1-12-9-23(14(24)3-6-18)17(12)5-2-8-22(10-17)16-13-4-7-19-15(13)20-11-21-16/h4,7,12,19-20H,2-3,5,8-11H2,1H3. The Morgan fingerprint density at radius 2 is 2.46 bits per heavy atom. The van der Waals surface area contributed by atoms with Crippen LogP contribution in [-0.4, -0.2) is 58.4 Å². The minimum absolute atomic E-state index is 0.0265. The van der Waals surface area contributed by atoms with Crippen LogP contribution in [0.5, 0.6) is 0 Å². The number of nitrogens with one attached hydrogen (secondary N) is 2. The number of nitriles is 1. The Hall–Kier alpha value is -2.49. The summed E-state index contributed by atoms with van der Waals surface area (Å²) in [6, 6.07) is 4.04. The van der Waals surface area contributed by atoms with Gasteiger partial charge in [0, 0.05) is 25.8 Å². The minimum atomic E-state index is -0.143. The lowest BCUT2D eigenvalue weighted by Gasteiger charge is -2.61. The van der Waals surface area contributed by atoms with Crippen molar-refractivity contribution in [2.24, 2.45) is 10.9 Å². The molecule has 3 aliphatic heterocycles. The van der Waals surface area contributed by atoms with Gasteiger partial charge < -0.3 is 20.1 Å². The van der Waals surface area contributed by atoms with Crippen molar-refractivity contribution in [2.75, 3.05) is 31.6 Å². The van der Waals surface area contributed by atoms with E-state index in [1.165, 1.54) is 0 Å². The first-order valence-electron chi connectivity index (χ1n) is 8.54. The summed E-state index contributed by atoms with van der Waals surface area (Å²) in [6.07, 6.45) is 3.94. The van der Waals surface area contributed by atoms with Gasteiger partial charge in [-0.05, 0) is 24.8 Å². The van der Waals surface area contributed by atoms with Crippen LogP contribution in [0.3, 0.4) is 0 Å². The largest absolute Gasteiger partial charge is 0.354 e. The van der Waals surface area contributed by atoms with Crippen molar-refractivity contribution in [3.8, 4) is 6.07 Å². The third-order valence-corrected chi connectivity index (χ3v) is 5.72.